The van der Waals surface area contributed by atoms with E-state index in [4.69, 9.17) is 0 Å². The molecule has 0 aliphatic carbocycles. The van der Waals surface area contributed by atoms with Crippen molar-refractivity contribution in [1.29, 1.82) is 0 Å². The average Bonchev–Trinajstić information content (AvgIpc) is 3.07. The number of thiazole rings is 2. The summed E-state index contributed by atoms with van der Waals surface area (Å²) in [6, 6.07) is 13.3. The summed E-state index contributed by atoms with van der Waals surface area (Å²) in [5, 5.41) is 11.4. The lowest BCUT2D eigenvalue weighted by atomic mass is 10.3. The number of fused-ring (bicyclic) bond motifs is 2. The fraction of sp³-hybridized carbons (Fsp3) is 0. The monoisotopic (exact) mass is 310 g/mol. The van der Waals surface area contributed by atoms with Gasteiger partial charge < -0.3 is 5.11 Å². The number of phenolic OH excluding ortho intramolecular Hbond substituents is 1. The quantitative estimate of drug-likeness (QED) is 0.579. The van der Waals surface area contributed by atoms with Crippen LogP contribution in [0, 0.1) is 0 Å². The van der Waals surface area contributed by atoms with E-state index >= 15 is 0 Å². The van der Waals surface area contributed by atoms with E-state index in [1.54, 1.807) is 34.8 Å². The van der Waals surface area contributed by atoms with E-state index in [1.807, 2.05) is 36.4 Å². The van der Waals surface area contributed by atoms with Crippen LogP contribution in [0.25, 0.3) is 32.6 Å². The van der Waals surface area contributed by atoms with E-state index in [9.17, 15) is 5.11 Å². The highest BCUT2D eigenvalue weighted by atomic mass is 32.1. The summed E-state index contributed by atoms with van der Waals surface area (Å²) in [5.74, 6) is 0.271. The highest BCUT2D eigenvalue weighted by molar-refractivity contribution is 7.20. The van der Waals surface area contributed by atoms with Crippen molar-refractivity contribution >= 4 is 55.3 Å². The van der Waals surface area contributed by atoms with Crippen LogP contribution in [0.2, 0.25) is 0 Å². The Bertz CT molecular complexity index is 936. The Morgan fingerprint density at radius 1 is 0.810 bits per heavy atom. The van der Waals surface area contributed by atoms with E-state index in [0.29, 0.717) is 0 Å². The molecule has 4 rings (SSSR count). The van der Waals surface area contributed by atoms with Gasteiger partial charge in [0.1, 0.15) is 15.8 Å². The van der Waals surface area contributed by atoms with Gasteiger partial charge in [0.15, 0.2) is 0 Å². The number of aromatic hydroxyl groups is 1. The number of nitrogens with zero attached hydrogens (tertiary/aromatic N) is 2. The third-order valence-corrected chi connectivity index (χ3v) is 5.05. The minimum Gasteiger partial charge on any atom is -0.508 e. The Balaban J connectivity index is 1.69. The molecule has 4 aromatic rings. The molecule has 2 heterocycles. The SMILES string of the molecule is Oc1ccc2nc(C=Cc3nc4ccccc4s3)sc2c1. The zero-order valence-corrected chi connectivity index (χ0v) is 12.5. The molecule has 0 aliphatic rings. The first-order valence-electron chi connectivity index (χ1n) is 6.41. The predicted molar refractivity (Wildman–Crippen MR) is 89.8 cm³/mol. The zero-order chi connectivity index (χ0) is 14.2. The van der Waals surface area contributed by atoms with Gasteiger partial charge >= 0.3 is 0 Å². The van der Waals surface area contributed by atoms with Crippen LogP contribution in [0.5, 0.6) is 5.75 Å². The number of benzene rings is 2. The minimum atomic E-state index is 0.271. The number of aromatic nitrogens is 2. The summed E-state index contributed by atoms with van der Waals surface area (Å²) >= 11 is 3.22. The van der Waals surface area contributed by atoms with Gasteiger partial charge in [0, 0.05) is 0 Å². The fourth-order valence-electron chi connectivity index (χ4n) is 2.11. The molecule has 0 saturated heterocycles. The molecule has 0 aliphatic heterocycles. The van der Waals surface area contributed by atoms with Crippen molar-refractivity contribution in [2.24, 2.45) is 0 Å². The van der Waals surface area contributed by atoms with Gasteiger partial charge in [0.25, 0.3) is 0 Å². The summed E-state index contributed by atoms with van der Waals surface area (Å²) < 4.78 is 2.17. The molecule has 0 amide bonds. The van der Waals surface area contributed by atoms with Crippen LogP contribution >= 0.6 is 22.7 Å². The second kappa shape index (κ2) is 4.95. The van der Waals surface area contributed by atoms with E-state index < -0.39 is 0 Å². The van der Waals surface area contributed by atoms with Crippen molar-refractivity contribution < 1.29 is 5.11 Å². The van der Waals surface area contributed by atoms with Crippen molar-refractivity contribution in [1.82, 2.24) is 9.97 Å². The Morgan fingerprint density at radius 3 is 2.24 bits per heavy atom. The molecule has 0 atom stereocenters. The smallest absolute Gasteiger partial charge is 0.117 e. The lowest BCUT2D eigenvalue weighted by Gasteiger charge is -1.87. The first-order chi connectivity index (χ1) is 10.3. The van der Waals surface area contributed by atoms with Crippen LogP contribution in [0.3, 0.4) is 0 Å². The Hall–Kier alpha value is -2.24. The fourth-order valence-corrected chi connectivity index (χ4v) is 3.88. The maximum absolute atomic E-state index is 9.48. The molecule has 0 fully saturated rings. The van der Waals surface area contributed by atoms with Gasteiger partial charge in [-0.1, -0.05) is 12.1 Å². The number of para-hydroxylation sites is 1. The topological polar surface area (TPSA) is 46.0 Å². The second-order valence-corrected chi connectivity index (χ2v) is 6.68. The first-order valence-corrected chi connectivity index (χ1v) is 8.04. The molecule has 0 unspecified atom stereocenters. The first kappa shape index (κ1) is 12.5. The van der Waals surface area contributed by atoms with Gasteiger partial charge in [-0.2, -0.15) is 0 Å². The van der Waals surface area contributed by atoms with E-state index in [0.717, 1.165) is 25.7 Å². The number of phenols is 1. The summed E-state index contributed by atoms with van der Waals surface area (Å²) in [6.45, 7) is 0. The molecule has 0 bridgehead atoms. The van der Waals surface area contributed by atoms with E-state index in [2.05, 4.69) is 16.0 Å². The third kappa shape index (κ3) is 2.41. The molecule has 2 aromatic carbocycles. The van der Waals surface area contributed by atoms with Crippen LogP contribution in [0.15, 0.2) is 42.5 Å². The summed E-state index contributed by atoms with van der Waals surface area (Å²) in [7, 11) is 0. The molecule has 0 spiro atoms. The van der Waals surface area contributed by atoms with Crippen LogP contribution in [0.1, 0.15) is 10.0 Å². The lowest BCUT2D eigenvalue weighted by molar-refractivity contribution is 0.476. The molecule has 21 heavy (non-hydrogen) atoms. The molecule has 1 N–H and O–H groups in total. The van der Waals surface area contributed by atoms with Gasteiger partial charge in [0.05, 0.1) is 20.4 Å². The van der Waals surface area contributed by atoms with E-state index in [1.165, 1.54) is 4.70 Å². The van der Waals surface area contributed by atoms with Gasteiger partial charge in [-0.25, -0.2) is 9.97 Å². The highest BCUT2D eigenvalue weighted by Gasteiger charge is 2.03. The van der Waals surface area contributed by atoms with Gasteiger partial charge in [-0.05, 0) is 42.5 Å². The van der Waals surface area contributed by atoms with Crippen molar-refractivity contribution in [2.75, 3.05) is 0 Å². The van der Waals surface area contributed by atoms with Gasteiger partial charge in [0.2, 0.25) is 0 Å². The molecule has 2 aromatic heterocycles. The Kier molecular flexibility index (Phi) is 2.94. The second-order valence-electron chi connectivity index (χ2n) is 4.56. The van der Waals surface area contributed by atoms with Crippen molar-refractivity contribution in [2.45, 2.75) is 0 Å². The highest BCUT2D eigenvalue weighted by Crippen LogP contribution is 2.28. The molecule has 5 heteroatoms. The standard InChI is InChI=1S/C16H10N2OS2/c19-10-5-6-12-14(9-10)21-16(18-12)8-7-15-17-11-3-1-2-4-13(11)20-15/h1-9,19H. The number of hydrogen-bond acceptors (Lipinski definition) is 5. The zero-order valence-electron chi connectivity index (χ0n) is 10.9. The lowest BCUT2D eigenvalue weighted by Crippen LogP contribution is -1.70. The maximum atomic E-state index is 9.48. The average molecular weight is 310 g/mol. The number of hydrogen-bond donors (Lipinski definition) is 1. The third-order valence-electron chi connectivity index (χ3n) is 3.07. The van der Waals surface area contributed by atoms with Crippen LogP contribution in [-0.4, -0.2) is 15.1 Å². The summed E-state index contributed by atoms with van der Waals surface area (Å²) in [6.07, 6.45) is 3.96. The molecule has 0 saturated carbocycles. The molecular formula is C16H10N2OS2. The molecule has 102 valence electrons. The molecule has 0 radical (unpaired) electrons. The van der Waals surface area contributed by atoms with Gasteiger partial charge in [-0.15, -0.1) is 22.7 Å². The number of rotatable bonds is 2. The summed E-state index contributed by atoms with van der Waals surface area (Å²) in [5.41, 5.74) is 1.93. The van der Waals surface area contributed by atoms with E-state index in [-0.39, 0.29) is 5.75 Å². The predicted octanol–water partition coefficient (Wildman–Crippen LogP) is 4.78. The van der Waals surface area contributed by atoms with Crippen LogP contribution < -0.4 is 0 Å². The molecular weight excluding hydrogens is 300 g/mol. The normalized spacial score (nSPS) is 11.8. The maximum Gasteiger partial charge on any atom is 0.117 e. The largest absolute Gasteiger partial charge is 0.508 e. The van der Waals surface area contributed by atoms with Crippen molar-refractivity contribution in [3.05, 3.63) is 52.5 Å². The molecule has 3 nitrogen and oxygen atoms in total. The Morgan fingerprint density at radius 2 is 1.48 bits per heavy atom. The van der Waals surface area contributed by atoms with Crippen LogP contribution in [0.4, 0.5) is 0 Å². The van der Waals surface area contributed by atoms with Crippen molar-refractivity contribution in [3.63, 3.8) is 0 Å². The van der Waals surface area contributed by atoms with Crippen LogP contribution in [-0.2, 0) is 0 Å². The Labute approximate surface area is 128 Å². The van der Waals surface area contributed by atoms with Gasteiger partial charge in [-0.3, -0.25) is 0 Å². The van der Waals surface area contributed by atoms with Crippen molar-refractivity contribution in [3.8, 4) is 5.75 Å². The minimum absolute atomic E-state index is 0.271. The summed E-state index contributed by atoms with van der Waals surface area (Å²) in [4.78, 5) is 9.08.